The molecule has 0 spiro atoms. The van der Waals surface area contributed by atoms with Crippen molar-refractivity contribution in [1.82, 2.24) is 21.2 Å². The number of nitrogens with zero attached hydrogens (tertiary/aromatic N) is 3. The summed E-state index contributed by atoms with van der Waals surface area (Å²) in [6.07, 6.45) is -4.75. The number of anilines is 4. The summed E-state index contributed by atoms with van der Waals surface area (Å²) in [6, 6.07) is 14.4. The number of amides is 4. The first-order valence-corrected chi connectivity index (χ1v) is 13.0. The number of hydrogen-bond acceptors (Lipinski definition) is 8. The van der Waals surface area contributed by atoms with Gasteiger partial charge in [0.2, 0.25) is 10.9 Å². The first-order valence-electron chi connectivity index (χ1n) is 12.2. The van der Waals surface area contributed by atoms with E-state index in [-0.39, 0.29) is 37.8 Å². The molecule has 1 saturated heterocycles. The van der Waals surface area contributed by atoms with Gasteiger partial charge in [0, 0.05) is 18.8 Å². The van der Waals surface area contributed by atoms with Gasteiger partial charge in [0.25, 0.3) is 5.91 Å². The molecule has 210 valence electrons. The van der Waals surface area contributed by atoms with Crippen LogP contribution in [0.1, 0.15) is 15.5 Å². The lowest BCUT2D eigenvalue weighted by Gasteiger charge is -2.28. The minimum atomic E-state index is -4.75. The summed E-state index contributed by atoms with van der Waals surface area (Å²) in [5.74, 6) is -1.52. The van der Waals surface area contributed by atoms with Crippen molar-refractivity contribution in [3.05, 3.63) is 65.3 Å². The number of para-hydroxylation sites is 3. The SMILES string of the molecule is O=C(NNC(=O)c1nc(C(F)(F)F)sc1N1CCOCC1)NC1CN(c2ccccc2)c2ccccc2NC1=O. The van der Waals surface area contributed by atoms with Crippen molar-refractivity contribution < 1.29 is 32.3 Å². The zero-order valence-corrected chi connectivity index (χ0v) is 21.6. The molecule has 4 amide bonds. The van der Waals surface area contributed by atoms with Gasteiger partial charge in [-0.15, -0.1) is 0 Å². The lowest BCUT2D eigenvalue weighted by molar-refractivity contribution is -0.137. The molecule has 2 aromatic carbocycles. The van der Waals surface area contributed by atoms with E-state index < -0.39 is 40.8 Å². The Kier molecular flexibility index (Phi) is 7.75. The third kappa shape index (κ3) is 5.94. The fraction of sp³-hybridized carbons (Fsp3) is 0.280. The summed E-state index contributed by atoms with van der Waals surface area (Å²) in [5.41, 5.74) is 5.79. The lowest BCUT2D eigenvalue weighted by atomic mass is 10.2. The Bertz CT molecular complexity index is 1400. The fourth-order valence-corrected chi connectivity index (χ4v) is 5.27. The van der Waals surface area contributed by atoms with E-state index in [0.717, 1.165) is 11.4 Å². The molecule has 0 radical (unpaired) electrons. The highest BCUT2D eigenvalue weighted by atomic mass is 32.1. The number of urea groups is 1. The minimum Gasteiger partial charge on any atom is -0.378 e. The van der Waals surface area contributed by atoms with Crippen LogP contribution in [0.15, 0.2) is 54.6 Å². The number of thiazole rings is 1. The van der Waals surface area contributed by atoms with E-state index in [4.69, 9.17) is 4.74 Å². The van der Waals surface area contributed by atoms with E-state index >= 15 is 0 Å². The van der Waals surface area contributed by atoms with Gasteiger partial charge in [0.05, 0.1) is 31.1 Å². The molecule has 2 aliphatic heterocycles. The zero-order valence-electron chi connectivity index (χ0n) is 20.8. The normalized spacial score (nSPS) is 17.4. The molecule has 0 aliphatic carbocycles. The van der Waals surface area contributed by atoms with Gasteiger partial charge in [0.15, 0.2) is 5.69 Å². The van der Waals surface area contributed by atoms with Gasteiger partial charge in [0.1, 0.15) is 11.0 Å². The van der Waals surface area contributed by atoms with E-state index in [9.17, 15) is 27.6 Å². The Labute approximate surface area is 230 Å². The maximum absolute atomic E-state index is 13.4. The molecule has 5 rings (SSSR count). The third-order valence-corrected chi connectivity index (χ3v) is 7.32. The summed E-state index contributed by atoms with van der Waals surface area (Å²) in [7, 11) is 0. The highest BCUT2D eigenvalue weighted by Crippen LogP contribution is 2.39. The van der Waals surface area contributed by atoms with Gasteiger partial charge in [-0.05, 0) is 24.3 Å². The van der Waals surface area contributed by atoms with Crippen LogP contribution < -0.4 is 31.3 Å². The number of fused-ring (bicyclic) bond motifs is 1. The van der Waals surface area contributed by atoms with Crippen LogP contribution in [0.4, 0.5) is 40.0 Å². The van der Waals surface area contributed by atoms with E-state index in [2.05, 4.69) is 26.5 Å². The van der Waals surface area contributed by atoms with Crippen LogP contribution in [0.2, 0.25) is 0 Å². The Balaban J connectivity index is 1.29. The Hall–Kier alpha value is -4.37. The molecule has 1 fully saturated rings. The van der Waals surface area contributed by atoms with Gasteiger partial charge in [-0.25, -0.2) is 15.2 Å². The number of alkyl halides is 3. The molecule has 1 unspecified atom stereocenters. The summed E-state index contributed by atoms with van der Waals surface area (Å²) in [5, 5.41) is 4.14. The highest BCUT2D eigenvalue weighted by molar-refractivity contribution is 7.16. The molecule has 3 heterocycles. The van der Waals surface area contributed by atoms with Crippen molar-refractivity contribution in [2.75, 3.05) is 48.0 Å². The topological polar surface area (TPSA) is 128 Å². The van der Waals surface area contributed by atoms with E-state index in [0.29, 0.717) is 17.0 Å². The molecule has 15 heteroatoms. The second-order valence-corrected chi connectivity index (χ2v) is 9.81. The summed E-state index contributed by atoms with van der Waals surface area (Å²) in [4.78, 5) is 45.4. The van der Waals surface area contributed by atoms with E-state index in [1.807, 2.05) is 47.4 Å². The van der Waals surface area contributed by atoms with Crippen molar-refractivity contribution in [3.8, 4) is 0 Å². The third-order valence-electron chi connectivity index (χ3n) is 6.16. The molecule has 0 bridgehead atoms. The standard InChI is InChI=1S/C25H24F3N7O4S/c26-25(27,28)23-31-19(22(40-23)34-10-12-39-13-11-34)21(37)32-33-24(38)30-17-14-35(15-6-2-1-3-7-15)18-9-5-4-8-16(18)29-20(17)36/h1-9,17H,10-14H2,(H,29,36)(H,32,37)(H2,30,33,38). The van der Waals surface area contributed by atoms with Crippen molar-refractivity contribution in [1.29, 1.82) is 0 Å². The van der Waals surface area contributed by atoms with Crippen LogP contribution in [-0.2, 0) is 15.7 Å². The molecule has 2 aliphatic rings. The maximum Gasteiger partial charge on any atom is 0.443 e. The quantitative estimate of drug-likeness (QED) is 0.352. The molecule has 1 aromatic heterocycles. The Morgan fingerprint density at radius 3 is 2.45 bits per heavy atom. The Morgan fingerprint density at radius 1 is 1.02 bits per heavy atom. The van der Waals surface area contributed by atoms with Crippen molar-refractivity contribution in [2.45, 2.75) is 12.2 Å². The van der Waals surface area contributed by atoms with Gasteiger partial charge in [-0.1, -0.05) is 41.7 Å². The Morgan fingerprint density at radius 2 is 1.73 bits per heavy atom. The molecular weight excluding hydrogens is 551 g/mol. The number of ether oxygens (including phenoxy) is 1. The maximum atomic E-state index is 13.4. The number of benzene rings is 2. The van der Waals surface area contributed by atoms with Gasteiger partial charge in [-0.2, -0.15) is 13.2 Å². The largest absolute Gasteiger partial charge is 0.443 e. The van der Waals surface area contributed by atoms with E-state index in [1.165, 1.54) is 0 Å². The monoisotopic (exact) mass is 575 g/mol. The molecule has 3 aromatic rings. The van der Waals surface area contributed by atoms with Crippen LogP contribution >= 0.6 is 11.3 Å². The predicted molar refractivity (Wildman–Crippen MR) is 142 cm³/mol. The highest BCUT2D eigenvalue weighted by Gasteiger charge is 2.38. The second kappa shape index (κ2) is 11.4. The summed E-state index contributed by atoms with van der Waals surface area (Å²) < 4.78 is 45.3. The number of hydrogen-bond donors (Lipinski definition) is 4. The van der Waals surface area contributed by atoms with Gasteiger partial charge in [-0.3, -0.25) is 15.0 Å². The van der Waals surface area contributed by atoms with Gasteiger partial charge < -0.3 is 25.2 Å². The van der Waals surface area contributed by atoms with Crippen molar-refractivity contribution >= 4 is 51.2 Å². The number of carbonyl (C=O) groups is 3. The first kappa shape index (κ1) is 27.2. The van der Waals surface area contributed by atoms with Gasteiger partial charge >= 0.3 is 12.2 Å². The number of carbonyl (C=O) groups excluding carboxylic acids is 3. The molecule has 11 nitrogen and oxygen atoms in total. The number of morpholine rings is 1. The molecule has 1 atom stereocenters. The zero-order chi connectivity index (χ0) is 28.3. The van der Waals surface area contributed by atoms with Crippen molar-refractivity contribution in [3.63, 3.8) is 0 Å². The molecule has 0 saturated carbocycles. The number of halogens is 3. The number of aromatic nitrogens is 1. The average Bonchev–Trinajstić information content (AvgIpc) is 3.37. The van der Waals surface area contributed by atoms with E-state index in [1.54, 1.807) is 17.0 Å². The summed E-state index contributed by atoms with van der Waals surface area (Å²) >= 11 is 0.345. The van der Waals surface area contributed by atoms with Crippen LogP contribution in [-0.4, -0.2) is 61.7 Å². The average molecular weight is 576 g/mol. The van der Waals surface area contributed by atoms with Crippen LogP contribution in [0, 0.1) is 0 Å². The van der Waals surface area contributed by atoms with Crippen LogP contribution in [0.25, 0.3) is 0 Å². The minimum absolute atomic E-state index is 0.0229. The molecule has 4 N–H and O–H groups in total. The first-order chi connectivity index (χ1) is 19.2. The molecule has 40 heavy (non-hydrogen) atoms. The lowest BCUT2D eigenvalue weighted by Crippen LogP contribution is -2.55. The van der Waals surface area contributed by atoms with Crippen molar-refractivity contribution in [2.24, 2.45) is 0 Å². The van der Waals surface area contributed by atoms with Crippen LogP contribution in [0.3, 0.4) is 0 Å². The number of nitrogens with one attached hydrogen (secondary N) is 4. The predicted octanol–water partition coefficient (Wildman–Crippen LogP) is 3.10. The van der Waals surface area contributed by atoms with Crippen LogP contribution in [0.5, 0.6) is 0 Å². The second-order valence-electron chi connectivity index (χ2n) is 8.83. The number of rotatable bonds is 4. The fourth-order valence-electron chi connectivity index (χ4n) is 4.29. The summed E-state index contributed by atoms with van der Waals surface area (Å²) in [6.45, 7) is 1.20. The smallest absolute Gasteiger partial charge is 0.378 e. The number of hydrazine groups is 1. The molecular formula is C25H24F3N7O4S.